The average molecular weight is 363 g/mol. The predicted molar refractivity (Wildman–Crippen MR) is 74.5 cm³/mol. The van der Waals surface area contributed by atoms with Crippen LogP contribution in [0.25, 0.3) is 0 Å². The molecule has 0 spiro atoms. The Morgan fingerprint density at radius 2 is 2.35 bits per heavy atom. The van der Waals surface area contributed by atoms with Gasteiger partial charge in [-0.2, -0.15) is 0 Å². The molecule has 0 aromatic carbocycles. The lowest BCUT2D eigenvalue weighted by molar-refractivity contribution is 0.706. The molecule has 2 rings (SSSR count). The summed E-state index contributed by atoms with van der Waals surface area (Å²) in [4.78, 5) is 16.1. The summed E-state index contributed by atoms with van der Waals surface area (Å²) >= 11 is 3.28. The summed E-state index contributed by atoms with van der Waals surface area (Å²) in [5.74, 6) is 0. The van der Waals surface area contributed by atoms with Gasteiger partial charge in [0.05, 0.1) is 22.1 Å². The van der Waals surface area contributed by atoms with Crippen LogP contribution in [0.15, 0.2) is 11.1 Å². The van der Waals surface area contributed by atoms with Crippen LogP contribution in [0.5, 0.6) is 0 Å². The molecule has 0 fully saturated rings. The van der Waals surface area contributed by atoms with Gasteiger partial charge in [-0.15, -0.1) is 5.10 Å². The van der Waals surface area contributed by atoms with E-state index in [4.69, 9.17) is 0 Å². The third-order valence-electron chi connectivity index (χ3n) is 2.26. The van der Waals surface area contributed by atoms with E-state index in [1.54, 1.807) is 13.4 Å². The summed E-state index contributed by atoms with van der Waals surface area (Å²) in [6.45, 7) is 2.20. The molecule has 0 saturated heterocycles. The molecule has 2 heterocycles. The van der Waals surface area contributed by atoms with E-state index in [1.165, 1.54) is 16.1 Å². The van der Waals surface area contributed by atoms with Gasteiger partial charge in [0.2, 0.25) is 0 Å². The van der Waals surface area contributed by atoms with Crippen molar-refractivity contribution in [1.82, 2.24) is 19.1 Å². The maximum atomic E-state index is 12.0. The average Bonchev–Trinajstić information content (AvgIpc) is 2.77. The van der Waals surface area contributed by atoms with E-state index in [1.807, 2.05) is 29.5 Å². The molecule has 0 amide bonds. The van der Waals surface area contributed by atoms with Gasteiger partial charge >= 0.3 is 0 Å². The minimum absolute atomic E-state index is 0.0480. The van der Waals surface area contributed by atoms with Gasteiger partial charge in [0.15, 0.2) is 0 Å². The molecule has 1 N–H and O–H groups in total. The fraction of sp³-hybridized carbons (Fsp3) is 0.333. The lowest BCUT2D eigenvalue weighted by Gasteiger charge is -2.05. The number of rotatable bonds is 3. The molecule has 90 valence electrons. The lowest BCUT2D eigenvalue weighted by Crippen LogP contribution is -2.24. The normalized spacial score (nSPS) is 10.5. The van der Waals surface area contributed by atoms with Crippen LogP contribution in [0.2, 0.25) is 0 Å². The maximum absolute atomic E-state index is 12.0. The molecule has 0 aliphatic heterocycles. The van der Waals surface area contributed by atoms with Crippen LogP contribution >= 0.6 is 34.1 Å². The molecule has 0 radical (unpaired) electrons. The molecule has 17 heavy (non-hydrogen) atoms. The Hall–Kier alpha value is -1.03. The second kappa shape index (κ2) is 5.08. The number of anilines is 1. The van der Waals surface area contributed by atoms with Crippen molar-refractivity contribution in [3.63, 3.8) is 0 Å². The number of hydrogen-bond acceptors (Lipinski definition) is 6. The van der Waals surface area contributed by atoms with Crippen LogP contribution in [-0.4, -0.2) is 26.2 Å². The quantitative estimate of drug-likeness (QED) is 0.827. The van der Waals surface area contributed by atoms with E-state index in [0.717, 1.165) is 16.4 Å². The van der Waals surface area contributed by atoms with E-state index >= 15 is 0 Å². The summed E-state index contributed by atoms with van der Waals surface area (Å²) in [6.07, 6.45) is 1.54. The topological polar surface area (TPSA) is 72.7 Å². The Morgan fingerprint density at radius 3 is 3.06 bits per heavy atom. The number of halogens is 1. The number of hydrogen-bond donors (Lipinski definition) is 1. The van der Waals surface area contributed by atoms with Crippen LogP contribution in [0.4, 0.5) is 5.00 Å². The highest BCUT2D eigenvalue weighted by Gasteiger charge is 2.10. The van der Waals surface area contributed by atoms with Gasteiger partial charge < -0.3 is 5.32 Å². The van der Waals surface area contributed by atoms with E-state index in [2.05, 4.69) is 19.9 Å². The number of aromatic nitrogens is 4. The van der Waals surface area contributed by atoms with Crippen LogP contribution < -0.4 is 10.9 Å². The van der Waals surface area contributed by atoms with Gasteiger partial charge in [-0.1, -0.05) is 4.49 Å². The van der Waals surface area contributed by atoms with E-state index in [9.17, 15) is 4.79 Å². The fourth-order valence-electron chi connectivity index (χ4n) is 1.32. The predicted octanol–water partition coefficient (Wildman–Crippen LogP) is 1.10. The molecule has 2 aromatic heterocycles. The monoisotopic (exact) mass is 363 g/mol. The molecule has 0 bridgehead atoms. The highest BCUT2D eigenvalue weighted by molar-refractivity contribution is 14.1. The first-order valence-electron chi connectivity index (χ1n) is 4.84. The summed E-state index contributed by atoms with van der Waals surface area (Å²) in [6, 6.07) is 0. The van der Waals surface area contributed by atoms with Crippen molar-refractivity contribution in [3.8, 4) is 0 Å². The molecule has 0 atom stereocenters. The van der Waals surface area contributed by atoms with Gasteiger partial charge in [0.1, 0.15) is 10.7 Å². The van der Waals surface area contributed by atoms with Crippen LogP contribution in [-0.2, 0) is 6.54 Å². The zero-order valence-corrected chi connectivity index (χ0v) is 12.2. The minimum atomic E-state index is -0.0480. The Bertz CT molecular complexity index is 593. The second-order valence-corrected chi connectivity index (χ2v) is 5.21. The standard InChI is InChI=1S/C9H10IN5OS/c1-5-7(10)9(16)15(4-12-5)3-6-8(11-2)17-14-13-6/h4,11H,3H2,1-2H3. The second-order valence-electron chi connectivity index (χ2n) is 3.38. The highest BCUT2D eigenvalue weighted by Crippen LogP contribution is 2.17. The molecule has 0 saturated carbocycles. The molecule has 8 heteroatoms. The summed E-state index contributed by atoms with van der Waals surface area (Å²) in [5, 5.41) is 7.86. The number of nitrogens with one attached hydrogen (secondary N) is 1. The lowest BCUT2D eigenvalue weighted by atomic mass is 10.4. The molecular weight excluding hydrogens is 353 g/mol. The van der Waals surface area contributed by atoms with Gasteiger partial charge in [0.25, 0.3) is 5.56 Å². The van der Waals surface area contributed by atoms with Gasteiger partial charge in [-0.25, -0.2) is 4.98 Å². The SMILES string of the molecule is CNc1snnc1Cn1cnc(C)c(I)c1=O. The smallest absolute Gasteiger partial charge is 0.267 e. The van der Waals surface area contributed by atoms with Crippen LogP contribution in [0, 0.1) is 10.5 Å². The maximum Gasteiger partial charge on any atom is 0.267 e. The van der Waals surface area contributed by atoms with Crippen molar-refractivity contribution >= 4 is 39.1 Å². The van der Waals surface area contributed by atoms with Crippen molar-refractivity contribution in [2.24, 2.45) is 0 Å². The van der Waals surface area contributed by atoms with E-state index in [0.29, 0.717) is 10.1 Å². The van der Waals surface area contributed by atoms with Crippen molar-refractivity contribution in [1.29, 1.82) is 0 Å². The van der Waals surface area contributed by atoms with Crippen molar-refractivity contribution in [3.05, 3.63) is 31.6 Å². The Balaban J connectivity index is 2.37. The molecule has 6 nitrogen and oxygen atoms in total. The van der Waals surface area contributed by atoms with Crippen molar-refractivity contribution < 1.29 is 0 Å². The summed E-state index contributed by atoms with van der Waals surface area (Å²) in [7, 11) is 1.80. The van der Waals surface area contributed by atoms with Gasteiger partial charge in [0, 0.05) is 18.6 Å². The zero-order valence-electron chi connectivity index (χ0n) is 9.27. The molecule has 2 aromatic rings. The summed E-state index contributed by atoms with van der Waals surface area (Å²) in [5.41, 5.74) is 1.45. The number of aryl methyl sites for hydroxylation is 1. The molecular formula is C9H10IN5OS. The first kappa shape index (κ1) is 12.4. The Kier molecular flexibility index (Phi) is 3.72. The Morgan fingerprint density at radius 1 is 1.59 bits per heavy atom. The van der Waals surface area contributed by atoms with E-state index < -0.39 is 0 Å². The van der Waals surface area contributed by atoms with Gasteiger partial charge in [-0.3, -0.25) is 9.36 Å². The minimum Gasteiger partial charge on any atom is -0.377 e. The highest BCUT2D eigenvalue weighted by atomic mass is 127. The molecule has 0 aliphatic carbocycles. The molecule has 0 unspecified atom stereocenters. The third-order valence-corrected chi connectivity index (χ3v) is 4.29. The summed E-state index contributed by atoms with van der Waals surface area (Å²) < 4.78 is 6.02. The fourth-order valence-corrected chi connectivity index (χ4v) is 2.29. The largest absolute Gasteiger partial charge is 0.377 e. The van der Waals surface area contributed by atoms with Crippen LogP contribution in [0.1, 0.15) is 11.4 Å². The third kappa shape index (κ3) is 2.46. The van der Waals surface area contributed by atoms with E-state index in [-0.39, 0.29) is 5.56 Å². The first-order valence-corrected chi connectivity index (χ1v) is 6.69. The number of nitrogens with zero attached hydrogens (tertiary/aromatic N) is 4. The Labute approximate surface area is 115 Å². The zero-order chi connectivity index (χ0) is 12.4. The first-order chi connectivity index (χ1) is 8.13. The molecule has 0 aliphatic rings. The van der Waals surface area contributed by atoms with Crippen molar-refractivity contribution in [2.45, 2.75) is 13.5 Å². The van der Waals surface area contributed by atoms with Crippen LogP contribution in [0.3, 0.4) is 0 Å². The van der Waals surface area contributed by atoms with Crippen molar-refractivity contribution in [2.75, 3.05) is 12.4 Å². The van der Waals surface area contributed by atoms with Gasteiger partial charge in [-0.05, 0) is 29.5 Å².